The number of nitrogens with one attached hydrogen (secondary N) is 1. The number of amides is 1. The van der Waals surface area contributed by atoms with E-state index in [-0.39, 0.29) is 11.5 Å². The molecule has 32 heavy (non-hydrogen) atoms. The Bertz CT molecular complexity index is 1300. The first-order valence-corrected chi connectivity index (χ1v) is 11.8. The summed E-state index contributed by atoms with van der Waals surface area (Å²) in [6.45, 7) is 2.23. The highest BCUT2D eigenvalue weighted by Gasteiger charge is 2.19. The van der Waals surface area contributed by atoms with Crippen molar-refractivity contribution < 1.29 is 9.53 Å². The van der Waals surface area contributed by atoms with Gasteiger partial charge in [0.15, 0.2) is 5.16 Å². The van der Waals surface area contributed by atoms with Crippen molar-refractivity contribution in [3.05, 3.63) is 76.6 Å². The Morgan fingerprint density at radius 2 is 1.91 bits per heavy atom. The third kappa shape index (κ3) is 4.71. The molecular weight excluding hydrogens is 442 g/mol. The molecule has 0 saturated heterocycles. The molecule has 0 radical (unpaired) electrons. The molecule has 0 spiro atoms. The number of benzene rings is 2. The van der Waals surface area contributed by atoms with Crippen LogP contribution in [0.5, 0.6) is 5.75 Å². The van der Waals surface area contributed by atoms with Crippen LogP contribution in [0.3, 0.4) is 0 Å². The minimum Gasteiger partial charge on any atom is -0.497 e. The average Bonchev–Trinajstić information content (AvgIpc) is 3.26. The van der Waals surface area contributed by atoms with Crippen molar-refractivity contribution >= 4 is 39.2 Å². The first-order chi connectivity index (χ1) is 15.5. The van der Waals surface area contributed by atoms with Gasteiger partial charge in [0.2, 0.25) is 5.91 Å². The highest BCUT2D eigenvalue weighted by atomic mass is 32.2. The Kier molecular flexibility index (Phi) is 6.62. The first kappa shape index (κ1) is 22.1. The van der Waals surface area contributed by atoms with E-state index in [2.05, 4.69) is 5.32 Å². The molecule has 1 unspecified atom stereocenters. The second-order valence-electron chi connectivity index (χ2n) is 7.28. The number of fused-ring (bicyclic) bond motifs is 1. The van der Waals surface area contributed by atoms with Crippen LogP contribution in [0.25, 0.3) is 20.7 Å². The Balaban J connectivity index is 1.49. The number of thioether (sulfide) groups is 1. The smallest absolute Gasteiger partial charge is 0.262 e. The van der Waals surface area contributed by atoms with Gasteiger partial charge in [-0.3, -0.25) is 14.2 Å². The van der Waals surface area contributed by atoms with Crippen LogP contribution < -0.4 is 15.6 Å². The van der Waals surface area contributed by atoms with Crippen molar-refractivity contribution in [1.29, 1.82) is 0 Å². The van der Waals surface area contributed by atoms with Crippen molar-refractivity contribution in [3.8, 4) is 16.2 Å². The lowest BCUT2D eigenvalue weighted by atomic mass is 10.2. The van der Waals surface area contributed by atoms with Crippen LogP contribution in [0.15, 0.2) is 70.6 Å². The standard InChI is InChI=1S/C24H23N3O3S2/c1-15(21(28)25-14-16-9-11-18(30-3)12-10-16)31-24-26-22-19(23(29)27(24)2)13-20(32-22)17-7-5-4-6-8-17/h4-13,15H,14H2,1-3H3,(H,25,28). The molecule has 0 fully saturated rings. The Morgan fingerprint density at radius 1 is 1.19 bits per heavy atom. The van der Waals surface area contributed by atoms with Gasteiger partial charge in [0.25, 0.3) is 5.56 Å². The predicted octanol–water partition coefficient (Wildman–Crippen LogP) is 4.47. The van der Waals surface area contributed by atoms with Crippen LogP contribution >= 0.6 is 23.1 Å². The van der Waals surface area contributed by atoms with E-state index < -0.39 is 5.25 Å². The van der Waals surface area contributed by atoms with Crippen molar-refractivity contribution in [1.82, 2.24) is 14.9 Å². The van der Waals surface area contributed by atoms with E-state index in [0.717, 1.165) is 21.8 Å². The summed E-state index contributed by atoms with van der Waals surface area (Å²) in [6.07, 6.45) is 0. The molecule has 0 bridgehead atoms. The first-order valence-electron chi connectivity index (χ1n) is 10.1. The highest BCUT2D eigenvalue weighted by Crippen LogP contribution is 2.32. The summed E-state index contributed by atoms with van der Waals surface area (Å²) in [5.41, 5.74) is 1.93. The molecule has 0 saturated carbocycles. The van der Waals surface area contributed by atoms with E-state index in [9.17, 15) is 9.59 Å². The number of carbonyl (C=O) groups is 1. The largest absolute Gasteiger partial charge is 0.497 e. The van der Waals surface area contributed by atoms with Crippen LogP contribution in [0.2, 0.25) is 0 Å². The fourth-order valence-electron chi connectivity index (χ4n) is 3.19. The molecule has 1 N–H and O–H groups in total. The summed E-state index contributed by atoms with van der Waals surface area (Å²) < 4.78 is 6.67. The van der Waals surface area contributed by atoms with Gasteiger partial charge in [0, 0.05) is 18.5 Å². The van der Waals surface area contributed by atoms with Gasteiger partial charge in [-0.15, -0.1) is 11.3 Å². The Labute approximate surface area is 194 Å². The molecule has 0 aliphatic rings. The number of ether oxygens (including phenoxy) is 1. The number of methoxy groups -OCH3 is 1. The zero-order valence-electron chi connectivity index (χ0n) is 18.0. The van der Waals surface area contributed by atoms with Gasteiger partial charge in [-0.25, -0.2) is 4.98 Å². The monoisotopic (exact) mass is 465 g/mol. The molecule has 164 valence electrons. The van der Waals surface area contributed by atoms with Gasteiger partial charge in [-0.2, -0.15) is 0 Å². The Morgan fingerprint density at radius 3 is 2.59 bits per heavy atom. The van der Waals surface area contributed by atoms with Crippen molar-refractivity contribution in [2.75, 3.05) is 7.11 Å². The number of hydrogen-bond donors (Lipinski definition) is 1. The fourth-order valence-corrected chi connectivity index (χ4v) is 5.16. The molecule has 0 aliphatic carbocycles. The number of thiophene rings is 1. The molecule has 6 nitrogen and oxygen atoms in total. The summed E-state index contributed by atoms with van der Waals surface area (Å²) in [4.78, 5) is 31.9. The van der Waals surface area contributed by atoms with Gasteiger partial charge >= 0.3 is 0 Å². The third-order valence-electron chi connectivity index (χ3n) is 5.07. The van der Waals surface area contributed by atoms with Gasteiger partial charge < -0.3 is 10.1 Å². The maximum absolute atomic E-state index is 12.9. The lowest BCUT2D eigenvalue weighted by Gasteiger charge is -2.13. The molecule has 4 rings (SSSR count). The maximum Gasteiger partial charge on any atom is 0.262 e. The lowest BCUT2D eigenvalue weighted by molar-refractivity contribution is -0.120. The van der Waals surface area contributed by atoms with Crippen molar-refractivity contribution in [2.45, 2.75) is 23.9 Å². The van der Waals surface area contributed by atoms with Gasteiger partial charge in [0.1, 0.15) is 10.6 Å². The highest BCUT2D eigenvalue weighted by molar-refractivity contribution is 8.00. The topological polar surface area (TPSA) is 73.2 Å². The summed E-state index contributed by atoms with van der Waals surface area (Å²) in [5.74, 6) is 0.659. The summed E-state index contributed by atoms with van der Waals surface area (Å²) in [5, 5.41) is 3.65. The predicted molar refractivity (Wildman–Crippen MR) is 130 cm³/mol. The molecule has 2 aromatic carbocycles. The van der Waals surface area contributed by atoms with E-state index in [4.69, 9.17) is 9.72 Å². The van der Waals surface area contributed by atoms with Gasteiger partial charge in [-0.05, 0) is 36.2 Å². The van der Waals surface area contributed by atoms with E-state index in [1.807, 2.05) is 67.6 Å². The number of nitrogens with zero attached hydrogens (tertiary/aromatic N) is 2. The number of carbonyl (C=O) groups excluding carboxylic acids is 1. The zero-order valence-corrected chi connectivity index (χ0v) is 19.6. The summed E-state index contributed by atoms with van der Waals surface area (Å²) in [7, 11) is 3.31. The number of hydrogen-bond acceptors (Lipinski definition) is 6. The van der Waals surface area contributed by atoms with Crippen molar-refractivity contribution in [2.24, 2.45) is 7.05 Å². The third-order valence-corrected chi connectivity index (χ3v) is 7.29. The molecule has 2 heterocycles. The minimum atomic E-state index is -0.405. The zero-order chi connectivity index (χ0) is 22.7. The van der Waals surface area contributed by atoms with Crippen LogP contribution in [-0.2, 0) is 18.4 Å². The van der Waals surface area contributed by atoms with Crippen LogP contribution in [-0.4, -0.2) is 27.8 Å². The van der Waals surface area contributed by atoms with Gasteiger partial charge in [-0.1, -0.05) is 54.2 Å². The second kappa shape index (κ2) is 9.58. The van der Waals surface area contributed by atoms with E-state index in [1.165, 1.54) is 27.7 Å². The maximum atomic E-state index is 12.9. The van der Waals surface area contributed by atoms with E-state index in [0.29, 0.717) is 21.9 Å². The second-order valence-corrected chi connectivity index (χ2v) is 9.62. The number of aromatic nitrogens is 2. The molecule has 1 atom stereocenters. The minimum absolute atomic E-state index is 0.109. The van der Waals surface area contributed by atoms with Gasteiger partial charge in [0.05, 0.1) is 17.7 Å². The fraction of sp³-hybridized carbons (Fsp3) is 0.208. The number of rotatable bonds is 7. The van der Waals surface area contributed by atoms with Crippen LogP contribution in [0.1, 0.15) is 12.5 Å². The van der Waals surface area contributed by atoms with Crippen molar-refractivity contribution in [3.63, 3.8) is 0 Å². The molecule has 0 aliphatic heterocycles. The SMILES string of the molecule is COc1ccc(CNC(=O)C(C)Sc2nc3sc(-c4ccccc4)cc3c(=O)n2C)cc1. The van der Waals surface area contributed by atoms with Crippen LogP contribution in [0.4, 0.5) is 0 Å². The molecular formula is C24H23N3O3S2. The van der Waals surface area contributed by atoms with E-state index in [1.54, 1.807) is 14.2 Å². The molecule has 4 aromatic rings. The average molecular weight is 466 g/mol. The normalized spacial score (nSPS) is 12.0. The lowest BCUT2D eigenvalue weighted by Crippen LogP contribution is -2.31. The Hall–Kier alpha value is -3.10. The molecule has 8 heteroatoms. The molecule has 1 amide bonds. The van der Waals surface area contributed by atoms with E-state index >= 15 is 0 Å². The van der Waals surface area contributed by atoms with Crippen LogP contribution in [0, 0.1) is 0 Å². The summed E-state index contributed by atoms with van der Waals surface area (Å²) >= 11 is 2.76. The quantitative estimate of drug-likeness (QED) is 0.322. The molecule has 2 aromatic heterocycles. The summed E-state index contributed by atoms with van der Waals surface area (Å²) in [6, 6.07) is 19.4.